The van der Waals surface area contributed by atoms with Crippen LogP contribution >= 0.6 is 23.2 Å². The Morgan fingerprint density at radius 1 is 1.23 bits per heavy atom. The fourth-order valence-electron chi connectivity index (χ4n) is 2.68. The number of benzene rings is 1. The summed E-state index contributed by atoms with van der Waals surface area (Å²) in [6.07, 6.45) is 3.15. The van der Waals surface area contributed by atoms with Crippen molar-refractivity contribution in [3.8, 4) is 0 Å². The molecule has 1 heterocycles. The van der Waals surface area contributed by atoms with Gasteiger partial charge in [-0.25, -0.2) is 13.1 Å². The van der Waals surface area contributed by atoms with Crippen LogP contribution in [0.4, 0.5) is 0 Å². The van der Waals surface area contributed by atoms with Crippen molar-refractivity contribution in [3.05, 3.63) is 33.8 Å². The maximum Gasteiger partial charge on any atom is 0.215 e. The van der Waals surface area contributed by atoms with E-state index in [-0.39, 0.29) is 5.75 Å². The van der Waals surface area contributed by atoms with Crippen LogP contribution in [-0.2, 0) is 15.8 Å². The van der Waals surface area contributed by atoms with Crippen LogP contribution in [0.1, 0.15) is 24.8 Å². The van der Waals surface area contributed by atoms with Gasteiger partial charge in [-0.3, -0.25) is 0 Å². The van der Waals surface area contributed by atoms with Gasteiger partial charge in [0.05, 0.1) is 5.75 Å². The maximum atomic E-state index is 12.2. The molecule has 0 amide bonds. The van der Waals surface area contributed by atoms with Gasteiger partial charge in [0.2, 0.25) is 10.0 Å². The topological polar surface area (TPSA) is 49.4 Å². The van der Waals surface area contributed by atoms with Crippen molar-refractivity contribution in [2.24, 2.45) is 5.92 Å². The Hall–Kier alpha value is -0.330. The highest BCUT2D eigenvalue weighted by atomic mass is 35.5. The van der Waals surface area contributed by atoms with Gasteiger partial charge in [0, 0.05) is 22.2 Å². The zero-order valence-electron chi connectivity index (χ0n) is 12.7. The van der Waals surface area contributed by atoms with Gasteiger partial charge in [-0.1, -0.05) is 29.3 Å². The van der Waals surface area contributed by atoms with Crippen molar-refractivity contribution in [3.63, 3.8) is 0 Å². The Morgan fingerprint density at radius 2 is 1.82 bits per heavy atom. The molecule has 0 aliphatic carbocycles. The lowest BCUT2D eigenvalue weighted by Crippen LogP contribution is -2.33. The summed E-state index contributed by atoms with van der Waals surface area (Å²) >= 11 is 12.0. The molecule has 0 radical (unpaired) electrons. The van der Waals surface area contributed by atoms with Gasteiger partial charge < -0.3 is 4.90 Å². The molecule has 124 valence electrons. The fraction of sp³-hybridized carbons (Fsp3) is 0.600. The zero-order valence-corrected chi connectivity index (χ0v) is 15.0. The number of rotatable bonds is 6. The molecular weight excluding hydrogens is 343 g/mol. The van der Waals surface area contributed by atoms with Crippen molar-refractivity contribution in [1.29, 1.82) is 0 Å². The first-order valence-corrected chi connectivity index (χ1v) is 9.87. The average Bonchev–Trinajstić information content (AvgIpc) is 2.45. The quantitative estimate of drug-likeness (QED) is 0.843. The van der Waals surface area contributed by atoms with E-state index in [0.717, 1.165) is 32.4 Å². The van der Waals surface area contributed by atoms with E-state index in [2.05, 4.69) is 16.7 Å². The summed E-state index contributed by atoms with van der Waals surface area (Å²) in [5.74, 6) is 0.418. The second kappa shape index (κ2) is 7.97. The fourth-order valence-corrected chi connectivity index (χ4v) is 4.59. The summed E-state index contributed by atoms with van der Waals surface area (Å²) in [6.45, 7) is 2.65. The molecule has 1 fully saturated rings. The van der Waals surface area contributed by atoms with E-state index >= 15 is 0 Å². The molecule has 2 rings (SSSR count). The zero-order chi connectivity index (χ0) is 16.2. The van der Waals surface area contributed by atoms with Crippen LogP contribution in [0, 0.1) is 5.92 Å². The van der Waals surface area contributed by atoms with Gasteiger partial charge in [-0.05, 0) is 57.5 Å². The summed E-state index contributed by atoms with van der Waals surface area (Å²) in [5.41, 5.74) is 0.456. The maximum absolute atomic E-state index is 12.2. The van der Waals surface area contributed by atoms with Crippen LogP contribution in [0.2, 0.25) is 10.0 Å². The standard InChI is InChI=1S/C15H22Cl2N2O2S/c1-19-9-6-12(7-10-19)5-8-18-22(20,21)11-13-14(16)3-2-4-15(13)17/h2-4,12,18H,5-11H2,1H3. The van der Waals surface area contributed by atoms with Gasteiger partial charge in [0.15, 0.2) is 0 Å². The monoisotopic (exact) mass is 364 g/mol. The molecule has 1 aromatic carbocycles. The number of likely N-dealkylation sites (tertiary alicyclic amines) is 1. The van der Waals surface area contributed by atoms with Crippen LogP contribution in [0.15, 0.2) is 18.2 Å². The van der Waals surface area contributed by atoms with E-state index in [9.17, 15) is 8.42 Å². The molecule has 22 heavy (non-hydrogen) atoms. The third kappa shape index (κ3) is 5.39. The number of sulfonamides is 1. The molecule has 0 atom stereocenters. The van der Waals surface area contributed by atoms with E-state index in [1.54, 1.807) is 18.2 Å². The third-order valence-corrected chi connectivity index (χ3v) is 6.13. The number of nitrogens with zero attached hydrogens (tertiary/aromatic N) is 1. The van der Waals surface area contributed by atoms with Gasteiger partial charge in [-0.15, -0.1) is 0 Å². The first-order chi connectivity index (χ1) is 10.4. The van der Waals surface area contributed by atoms with E-state index in [1.165, 1.54) is 0 Å². The largest absolute Gasteiger partial charge is 0.306 e. The Labute approximate surface area is 142 Å². The van der Waals surface area contributed by atoms with Crippen molar-refractivity contribution >= 4 is 33.2 Å². The van der Waals surface area contributed by atoms with Crippen LogP contribution in [0.25, 0.3) is 0 Å². The van der Waals surface area contributed by atoms with Gasteiger partial charge in [0.1, 0.15) is 0 Å². The predicted octanol–water partition coefficient (Wildman–Crippen LogP) is 3.14. The second-order valence-electron chi connectivity index (χ2n) is 5.89. The molecule has 0 bridgehead atoms. The summed E-state index contributed by atoms with van der Waals surface area (Å²) in [6, 6.07) is 5.00. The van der Waals surface area contributed by atoms with Gasteiger partial charge >= 0.3 is 0 Å². The lowest BCUT2D eigenvalue weighted by atomic mass is 9.94. The van der Waals surface area contributed by atoms with Crippen LogP contribution in [0.5, 0.6) is 0 Å². The minimum atomic E-state index is -3.42. The van der Waals surface area contributed by atoms with E-state index in [1.807, 2.05) is 0 Å². The Bertz CT molecular complexity index is 579. The minimum Gasteiger partial charge on any atom is -0.306 e. The summed E-state index contributed by atoms with van der Waals surface area (Å²) < 4.78 is 27.0. The van der Waals surface area contributed by atoms with E-state index in [4.69, 9.17) is 23.2 Å². The molecule has 1 saturated heterocycles. The molecule has 0 spiro atoms. The van der Waals surface area contributed by atoms with Crippen molar-refractivity contribution in [2.45, 2.75) is 25.0 Å². The molecule has 0 aromatic heterocycles. The highest BCUT2D eigenvalue weighted by molar-refractivity contribution is 7.88. The molecule has 1 N–H and O–H groups in total. The van der Waals surface area contributed by atoms with E-state index in [0.29, 0.717) is 28.1 Å². The normalized spacial score (nSPS) is 17.8. The highest BCUT2D eigenvalue weighted by Gasteiger charge is 2.19. The first kappa shape index (κ1) is 18.0. The molecule has 1 aliphatic rings. The minimum absolute atomic E-state index is 0.182. The Balaban J connectivity index is 1.84. The molecule has 4 nitrogen and oxygen atoms in total. The first-order valence-electron chi connectivity index (χ1n) is 7.46. The SMILES string of the molecule is CN1CCC(CCNS(=O)(=O)Cc2c(Cl)cccc2Cl)CC1. The molecule has 0 unspecified atom stereocenters. The van der Waals surface area contributed by atoms with Gasteiger partial charge in [0.25, 0.3) is 0 Å². The summed E-state index contributed by atoms with van der Waals surface area (Å²) in [7, 11) is -1.30. The third-order valence-electron chi connectivity index (χ3n) is 4.11. The predicted molar refractivity (Wildman–Crippen MR) is 91.9 cm³/mol. The lowest BCUT2D eigenvalue weighted by Gasteiger charge is -2.28. The van der Waals surface area contributed by atoms with Crippen molar-refractivity contribution in [1.82, 2.24) is 9.62 Å². The number of hydrogen-bond donors (Lipinski definition) is 1. The average molecular weight is 365 g/mol. The summed E-state index contributed by atoms with van der Waals surface area (Å²) in [5, 5.41) is 0.765. The Morgan fingerprint density at radius 3 is 2.41 bits per heavy atom. The molecule has 0 saturated carbocycles. The van der Waals surface area contributed by atoms with Crippen LogP contribution in [0.3, 0.4) is 0 Å². The number of hydrogen-bond acceptors (Lipinski definition) is 3. The number of piperidine rings is 1. The number of nitrogens with one attached hydrogen (secondary N) is 1. The summed E-state index contributed by atoms with van der Waals surface area (Å²) in [4.78, 5) is 2.31. The lowest BCUT2D eigenvalue weighted by molar-refractivity contribution is 0.213. The van der Waals surface area contributed by atoms with E-state index < -0.39 is 10.0 Å². The van der Waals surface area contributed by atoms with Gasteiger partial charge in [-0.2, -0.15) is 0 Å². The van der Waals surface area contributed by atoms with Crippen LogP contribution < -0.4 is 4.72 Å². The smallest absolute Gasteiger partial charge is 0.215 e. The molecule has 1 aromatic rings. The van der Waals surface area contributed by atoms with Crippen molar-refractivity contribution < 1.29 is 8.42 Å². The van der Waals surface area contributed by atoms with Crippen molar-refractivity contribution in [2.75, 3.05) is 26.7 Å². The molecule has 7 heteroatoms. The van der Waals surface area contributed by atoms with Crippen LogP contribution in [-0.4, -0.2) is 40.0 Å². The second-order valence-corrected chi connectivity index (χ2v) is 8.51. The molecule has 1 aliphatic heterocycles. The highest BCUT2D eigenvalue weighted by Crippen LogP contribution is 2.26. The number of halogens is 2. The Kier molecular flexibility index (Phi) is 6.53. The molecular formula is C15H22Cl2N2O2S.